The molecule has 0 bridgehead atoms. The first-order valence-electron chi connectivity index (χ1n) is 10.1. The third-order valence-corrected chi connectivity index (χ3v) is 6.94. The maximum Gasteiger partial charge on any atom is 0.231 e. The summed E-state index contributed by atoms with van der Waals surface area (Å²) in [5, 5.41) is 14.5. The zero-order valence-electron chi connectivity index (χ0n) is 17.2. The number of para-hydroxylation sites is 1. The number of carbonyl (C=O) groups excluding carboxylic acids is 1. The van der Waals surface area contributed by atoms with E-state index in [-0.39, 0.29) is 24.5 Å². The molecule has 5 rings (SSSR count). The molecule has 1 aliphatic rings. The lowest BCUT2D eigenvalue weighted by Gasteiger charge is -2.13. The highest BCUT2D eigenvalue weighted by molar-refractivity contribution is 7.99. The van der Waals surface area contributed by atoms with Gasteiger partial charge in [0.05, 0.1) is 11.8 Å². The van der Waals surface area contributed by atoms with Crippen LogP contribution < -0.4 is 14.8 Å². The number of benzene rings is 2. The van der Waals surface area contributed by atoms with Crippen LogP contribution >= 0.6 is 23.1 Å². The van der Waals surface area contributed by atoms with E-state index >= 15 is 0 Å². The van der Waals surface area contributed by atoms with Crippen molar-refractivity contribution in [1.29, 1.82) is 0 Å². The van der Waals surface area contributed by atoms with Gasteiger partial charge in [-0.15, -0.1) is 21.5 Å². The fourth-order valence-corrected chi connectivity index (χ4v) is 4.92. The molecule has 7 nitrogen and oxygen atoms in total. The molecule has 32 heavy (non-hydrogen) atoms. The van der Waals surface area contributed by atoms with Gasteiger partial charge in [0, 0.05) is 16.1 Å². The lowest BCUT2D eigenvalue weighted by Crippen LogP contribution is -2.27. The number of hydrogen-bond acceptors (Lipinski definition) is 7. The first-order valence-corrected chi connectivity index (χ1v) is 11.9. The standard InChI is InChI=1S/C23H20N4O3S2/c1-15(20-8-5-11-31-20)24-21(28)13-32-23-26-25-22(27(23)17-6-3-2-4-7-17)16-9-10-18-19(12-16)30-14-29-18/h2-12,15H,13-14H2,1H3,(H,24,28)/t15-/m1/s1. The SMILES string of the molecule is C[C@@H](NC(=O)CSc1nnc(-c2ccc3c(c2)OCO3)n1-c1ccccc1)c1cccs1. The molecule has 0 unspecified atom stereocenters. The Morgan fingerprint density at radius 2 is 1.97 bits per heavy atom. The number of ether oxygens (including phenoxy) is 2. The predicted molar refractivity (Wildman–Crippen MR) is 125 cm³/mol. The third kappa shape index (κ3) is 4.21. The van der Waals surface area contributed by atoms with Crippen molar-refractivity contribution in [2.24, 2.45) is 0 Å². The van der Waals surface area contributed by atoms with Crippen molar-refractivity contribution in [3.05, 3.63) is 70.9 Å². The summed E-state index contributed by atoms with van der Waals surface area (Å²) in [5.74, 6) is 2.25. The average molecular weight is 465 g/mol. The number of carbonyl (C=O) groups is 1. The van der Waals surface area contributed by atoms with E-state index in [1.807, 2.05) is 77.5 Å². The molecule has 0 fully saturated rings. The molecule has 0 aliphatic carbocycles. The highest BCUT2D eigenvalue weighted by Gasteiger charge is 2.21. The number of fused-ring (bicyclic) bond motifs is 1. The summed E-state index contributed by atoms with van der Waals surface area (Å²) in [6.45, 7) is 2.20. The van der Waals surface area contributed by atoms with E-state index in [0.717, 1.165) is 16.1 Å². The Kier molecular flexibility index (Phi) is 5.83. The molecule has 0 saturated heterocycles. The summed E-state index contributed by atoms with van der Waals surface area (Å²) >= 11 is 2.98. The molecule has 2 aromatic heterocycles. The number of nitrogens with one attached hydrogen (secondary N) is 1. The van der Waals surface area contributed by atoms with E-state index < -0.39 is 0 Å². The Bertz CT molecular complexity index is 1230. The fourth-order valence-electron chi connectivity index (χ4n) is 3.42. The van der Waals surface area contributed by atoms with Crippen molar-refractivity contribution in [1.82, 2.24) is 20.1 Å². The van der Waals surface area contributed by atoms with Gasteiger partial charge < -0.3 is 14.8 Å². The van der Waals surface area contributed by atoms with E-state index in [4.69, 9.17) is 9.47 Å². The van der Waals surface area contributed by atoms with E-state index in [2.05, 4.69) is 15.5 Å². The van der Waals surface area contributed by atoms with Crippen LogP contribution in [0.2, 0.25) is 0 Å². The van der Waals surface area contributed by atoms with Gasteiger partial charge in [0.25, 0.3) is 0 Å². The maximum absolute atomic E-state index is 12.6. The van der Waals surface area contributed by atoms with Gasteiger partial charge in [0.15, 0.2) is 22.5 Å². The van der Waals surface area contributed by atoms with Crippen molar-refractivity contribution in [2.45, 2.75) is 18.1 Å². The van der Waals surface area contributed by atoms with Crippen LogP contribution in [0.4, 0.5) is 0 Å². The molecule has 2 aromatic carbocycles. The van der Waals surface area contributed by atoms with Gasteiger partial charge in [-0.2, -0.15) is 0 Å². The topological polar surface area (TPSA) is 78.3 Å². The number of aromatic nitrogens is 3. The van der Waals surface area contributed by atoms with Gasteiger partial charge in [0.1, 0.15) is 0 Å². The predicted octanol–water partition coefficient (Wildman–Crippen LogP) is 4.69. The molecule has 162 valence electrons. The Morgan fingerprint density at radius 1 is 1.12 bits per heavy atom. The van der Waals surface area contributed by atoms with Crippen molar-refractivity contribution >= 4 is 29.0 Å². The first-order chi connectivity index (χ1) is 15.7. The van der Waals surface area contributed by atoms with Crippen LogP contribution in [0.25, 0.3) is 17.1 Å². The average Bonchev–Trinajstić information content (AvgIpc) is 3.58. The Hall–Kier alpha value is -3.30. The van der Waals surface area contributed by atoms with Crippen molar-refractivity contribution in [3.63, 3.8) is 0 Å². The summed E-state index contributed by atoms with van der Waals surface area (Å²) in [5.41, 5.74) is 1.77. The Morgan fingerprint density at radius 3 is 2.78 bits per heavy atom. The molecule has 3 heterocycles. The molecule has 1 atom stereocenters. The second kappa shape index (κ2) is 9.05. The molecule has 9 heteroatoms. The number of nitrogens with zero attached hydrogens (tertiary/aromatic N) is 3. The number of hydrogen-bond donors (Lipinski definition) is 1. The lowest BCUT2D eigenvalue weighted by atomic mass is 10.2. The summed E-state index contributed by atoms with van der Waals surface area (Å²) in [4.78, 5) is 13.7. The summed E-state index contributed by atoms with van der Waals surface area (Å²) in [6.07, 6.45) is 0. The largest absolute Gasteiger partial charge is 0.454 e. The molecule has 0 radical (unpaired) electrons. The zero-order chi connectivity index (χ0) is 21.9. The van der Waals surface area contributed by atoms with Gasteiger partial charge in [-0.25, -0.2) is 0 Å². The van der Waals surface area contributed by atoms with E-state index in [1.54, 1.807) is 11.3 Å². The number of amides is 1. The Balaban J connectivity index is 1.40. The molecule has 0 saturated carbocycles. The minimum atomic E-state index is -0.0526. The van der Waals surface area contributed by atoms with E-state index in [0.29, 0.717) is 22.5 Å². The normalized spacial score (nSPS) is 13.2. The van der Waals surface area contributed by atoms with E-state index in [1.165, 1.54) is 11.8 Å². The second-order valence-corrected chi connectivity index (χ2v) is 9.06. The lowest BCUT2D eigenvalue weighted by molar-refractivity contribution is -0.119. The fraction of sp³-hybridized carbons (Fsp3) is 0.174. The summed E-state index contributed by atoms with van der Waals surface area (Å²) in [6, 6.07) is 19.5. The molecule has 1 amide bonds. The van der Waals surface area contributed by atoms with Gasteiger partial charge in [-0.05, 0) is 48.7 Å². The van der Waals surface area contributed by atoms with Crippen LogP contribution in [0.5, 0.6) is 11.5 Å². The first kappa shape index (κ1) is 20.6. The summed E-state index contributed by atoms with van der Waals surface area (Å²) in [7, 11) is 0. The monoisotopic (exact) mass is 464 g/mol. The minimum absolute atomic E-state index is 0.0284. The van der Waals surface area contributed by atoms with Crippen LogP contribution in [0, 0.1) is 0 Å². The van der Waals surface area contributed by atoms with Crippen molar-refractivity contribution in [3.8, 4) is 28.6 Å². The minimum Gasteiger partial charge on any atom is -0.454 e. The molecular weight excluding hydrogens is 444 g/mol. The molecule has 1 aliphatic heterocycles. The highest BCUT2D eigenvalue weighted by Crippen LogP contribution is 2.37. The molecule has 0 spiro atoms. The third-order valence-electron chi connectivity index (χ3n) is 4.96. The van der Waals surface area contributed by atoms with Crippen LogP contribution in [0.3, 0.4) is 0 Å². The van der Waals surface area contributed by atoms with Gasteiger partial charge in [-0.1, -0.05) is 36.0 Å². The molecule has 4 aromatic rings. The maximum atomic E-state index is 12.6. The molecular formula is C23H20N4O3S2. The van der Waals surface area contributed by atoms with Crippen LogP contribution in [0.15, 0.2) is 71.2 Å². The van der Waals surface area contributed by atoms with Crippen LogP contribution in [-0.4, -0.2) is 33.2 Å². The Labute approximate surface area is 193 Å². The number of rotatable bonds is 7. The van der Waals surface area contributed by atoms with Crippen molar-refractivity contribution in [2.75, 3.05) is 12.5 Å². The van der Waals surface area contributed by atoms with Gasteiger partial charge >= 0.3 is 0 Å². The quantitative estimate of drug-likeness (QED) is 0.400. The van der Waals surface area contributed by atoms with Gasteiger partial charge in [0.2, 0.25) is 12.7 Å². The summed E-state index contributed by atoms with van der Waals surface area (Å²) < 4.78 is 12.9. The van der Waals surface area contributed by atoms with Crippen LogP contribution in [-0.2, 0) is 4.79 Å². The van der Waals surface area contributed by atoms with Crippen molar-refractivity contribution < 1.29 is 14.3 Å². The zero-order valence-corrected chi connectivity index (χ0v) is 18.9. The smallest absolute Gasteiger partial charge is 0.231 e. The highest BCUT2D eigenvalue weighted by atomic mass is 32.2. The van der Waals surface area contributed by atoms with Gasteiger partial charge in [-0.3, -0.25) is 9.36 Å². The number of thioether (sulfide) groups is 1. The molecule has 1 N–H and O–H groups in total. The van der Waals surface area contributed by atoms with Crippen LogP contribution in [0.1, 0.15) is 17.8 Å². The van der Waals surface area contributed by atoms with E-state index in [9.17, 15) is 4.79 Å². The second-order valence-electron chi connectivity index (χ2n) is 7.14. The number of thiophene rings is 1.